The van der Waals surface area contributed by atoms with Crippen molar-refractivity contribution in [2.75, 3.05) is 0 Å². The second-order valence-corrected chi connectivity index (χ2v) is 12.5. The molecular formula is C42H27N3S. The molecular weight excluding hydrogens is 579 g/mol. The SMILES string of the molecule is c1ccc(-c2ccccc2-c2cc(-c3cc4ccccc4s3)nc(-c3ccc(-n4c5ccccc5c5ccccc54)cc3)n2)cc1. The van der Waals surface area contributed by atoms with Gasteiger partial charge in [0.25, 0.3) is 0 Å². The summed E-state index contributed by atoms with van der Waals surface area (Å²) >= 11 is 1.77. The van der Waals surface area contributed by atoms with Gasteiger partial charge >= 0.3 is 0 Å². The predicted molar refractivity (Wildman–Crippen MR) is 193 cm³/mol. The van der Waals surface area contributed by atoms with E-state index in [4.69, 9.17) is 9.97 Å². The van der Waals surface area contributed by atoms with Crippen LogP contribution in [0.3, 0.4) is 0 Å². The van der Waals surface area contributed by atoms with Crippen molar-refractivity contribution in [1.82, 2.24) is 14.5 Å². The molecule has 0 saturated carbocycles. The second-order valence-electron chi connectivity index (χ2n) is 11.4. The highest BCUT2D eigenvalue weighted by atomic mass is 32.1. The molecule has 6 aromatic carbocycles. The highest BCUT2D eigenvalue weighted by Crippen LogP contribution is 2.38. The third-order valence-electron chi connectivity index (χ3n) is 8.66. The average molecular weight is 606 g/mol. The Morgan fingerprint density at radius 2 is 1.07 bits per heavy atom. The van der Waals surface area contributed by atoms with Crippen LogP contribution >= 0.6 is 11.3 Å². The molecule has 0 bridgehead atoms. The van der Waals surface area contributed by atoms with Gasteiger partial charge in [-0.1, -0.05) is 109 Å². The lowest BCUT2D eigenvalue weighted by atomic mass is 9.97. The average Bonchev–Trinajstić information content (AvgIpc) is 3.72. The van der Waals surface area contributed by atoms with Gasteiger partial charge < -0.3 is 4.57 Å². The van der Waals surface area contributed by atoms with Crippen LogP contribution in [0, 0.1) is 0 Å². The molecule has 0 aliphatic heterocycles. The number of aromatic nitrogens is 3. The molecule has 0 atom stereocenters. The number of hydrogen-bond donors (Lipinski definition) is 0. The minimum absolute atomic E-state index is 0.710. The van der Waals surface area contributed by atoms with Crippen molar-refractivity contribution in [1.29, 1.82) is 0 Å². The Bertz CT molecular complexity index is 2440. The maximum absolute atomic E-state index is 5.22. The highest BCUT2D eigenvalue weighted by Gasteiger charge is 2.16. The molecule has 0 unspecified atom stereocenters. The summed E-state index contributed by atoms with van der Waals surface area (Å²) < 4.78 is 3.59. The molecule has 0 fully saturated rings. The Kier molecular flexibility index (Phi) is 6.32. The fraction of sp³-hybridized carbons (Fsp3) is 0. The topological polar surface area (TPSA) is 30.7 Å². The van der Waals surface area contributed by atoms with Gasteiger partial charge in [0.2, 0.25) is 0 Å². The molecule has 0 spiro atoms. The third kappa shape index (κ3) is 4.50. The van der Waals surface area contributed by atoms with E-state index in [1.165, 1.54) is 31.9 Å². The van der Waals surface area contributed by atoms with Crippen LogP contribution in [0.15, 0.2) is 164 Å². The van der Waals surface area contributed by atoms with Gasteiger partial charge in [-0.15, -0.1) is 11.3 Å². The molecule has 0 amide bonds. The minimum Gasteiger partial charge on any atom is -0.309 e. The molecule has 0 aliphatic carbocycles. The van der Waals surface area contributed by atoms with Crippen LogP contribution < -0.4 is 0 Å². The van der Waals surface area contributed by atoms with Crippen LogP contribution in [0.2, 0.25) is 0 Å². The zero-order valence-electron chi connectivity index (χ0n) is 24.8. The van der Waals surface area contributed by atoms with Crippen LogP contribution in [-0.4, -0.2) is 14.5 Å². The van der Waals surface area contributed by atoms with Gasteiger partial charge in [0.1, 0.15) is 0 Å². The zero-order chi connectivity index (χ0) is 30.5. The minimum atomic E-state index is 0.710. The first-order valence-electron chi connectivity index (χ1n) is 15.4. The van der Waals surface area contributed by atoms with Crippen molar-refractivity contribution in [2.45, 2.75) is 0 Å². The first kappa shape index (κ1) is 26.6. The Labute approximate surface area is 270 Å². The third-order valence-corrected chi connectivity index (χ3v) is 9.79. The molecule has 0 aliphatic rings. The molecule has 9 aromatic rings. The second kappa shape index (κ2) is 11.0. The summed E-state index contributed by atoms with van der Waals surface area (Å²) in [6.45, 7) is 0. The molecule has 3 heterocycles. The molecule has 46 heavy (non-hydrogen) atoms. The summed E-state index contributed by atoms with van der Waals surface area (Å²) in [6, 6.07) is 57.8. The van der Waals surface area contributed by atoms with E-state index in [0.717, 1.165) is 44.2 Å². The zero-order valence-corrected chi connectivity index (χ0v) is 25.7. The Morgan fingerprint density at radius 1 is 0.457 bits per heavy atom. The molecule has 9 rings (SSSR count). The smallest absolute Gasteiger partial charge is 0.160 e. The molecule has 0 N–H and O–H groups in total. The Hall–Kier alpha value is -5.84. The molecule has 0 saturated heterocycles. The monoisotopic (exact) mass is 605 g/mol. The lowest BCUT2D eigenvalue weighted by Gasteiger charge is -2.13. The van der Waals surface area contributed by atoms with Gasteiger partial charge in [0.05, 0.1) is 27.3 Å². The summed E-state index contributed by atoms with van der Waals surface area (Å²) in [5, 5.41) is 3.73. The lowest BCUT2D eigenvalue weighted by Crippen LogP contribution is -1.97. The summed E-state index contributed by atoms with van der Waals surface area (Å²) in [5.41, 5.74) is 9.70. The number of benzene rings is 6. The standard InChI is InChI=1S/C42H27N3S/c1-2-12-28(13-3-1)32-15-5-6-16-33(32)36-27-37(41-26-30-14-4-11-21-40(30)46-41)44-42(43-36)29-22-24-31(25-23-29)45-38-19-9-7-17-34(38)35-18-8-10-20-39(35)45/h1-27H. The summed E-state index contributed by atoms with van der Waals surface area (Å²) in [5.74, 6) is 0.710. The largest absolute Gasteiger partial charge is 0.309 e. The van der Waals surface area contributed by atoms with E-state index in [2.05, 4.69) is 168 Å². The maximum atomic E-state index is 5.22. The van der Waals surface area contributed by atoms with E-state index >= 15 is 0 Å². The lowest BCUT2D eigenvalue weighted by molar-refractivity contribution is 1.16. The van der Waals surface area contributed by atoms with Gasteiger partial charge in [-0.05, 0) is 71.1 Å². The Morgan fingerprint density at radius 3 is 1.80 bits per heavy atom. The van der Waals surface area contributed by atoms with Crippen molar-refractivity contribution < 1.29 is 0 Å². The van der Waals surface area contributed by atoms with Gasteiger partial charge in [0, 0.05) is 32.3 Å². The van der Waals surface area contributed by atoms with Crippen molar-refractivity contribution in [3.63, 3.8) is 0 Å². The van der Waals surface area contributed by atoms with Crippen molar-refractivity contribution in [3.8, 4) is 50.0 Å². The van der Waals surface area contributed by atoms with Gasteiger partial charge in [-0.25, -0.2) is 9.97 Å². The molecule has 216 valence electrons. The van der Waals surface area contributed by atoms with E-state index < -0.39 is 0 Å². The summed E-state index contributed by atoms with van der Waals surface area (Å²) in [4.78, 5) is 11.5. The van der Waals surface area contributed by atoms with Crippen LogP contribution in [0.25, 0.3) is 81.9 Å². The van der Waals surface area contributed by atoms with E-state index in [9.17, 15) is 0 Å². The number of fused-ring (bicyclic) bond motifs is 4. The van der Waals surface area contributed by atoms with E-state index in [-0.39, 0.29) is 0 Å². The predicted octanol–water partition coefficient (Wildman–Crippen LogP) is 11.5. The first-order chi connectivity index (χ1) is 22.8. The van der Waals surface area contributed by atoms with Crippen molar-refractivity contribution in [2.24, 2.45) is 0 Å². The quantitative estimate of drug-likeness (QED) is 0.195. The highest BCUT2D eigenvalue weighted by molar-refractivity contribution is 7.22. The fourth-order valence-electron chi connectivity index (χ4n) is 6.48. The number of rotatable bonds is 5. The fourth-order valence-corrected chi connectivity index (χ4v) is 7.51. The normalized spacial score (nSPS) is 11.5. The molecule has 0 radical (unpaired) electrons. The van der Waals surface area contributed by atoms with Crippen LogP contribution in [0.4, 0.5) is 0 Å². The Balaban J connectivity index is 1.21. The van der Waals surface area contributed by atoms with Crippen LogP contribution in [0.5, 0.6) is 0 Å². The molecule has 3 nitrogen and oxygen atoms in total. The van der Waals surface area contributed by atoms with Gasteiger partial charge in [-0.2, -0.15) is 0 Å². The van der Waals surface area contributed by atoms with Crippen LogP contribution in [0.1, 0.15) is 0 Å². The van der Waals surface area contributed by atoms with Crippen molar-refractivity contribution in [3.05, 3.63) is 164 Å². The van der Waals surface area contributed by atoms with Crippen LogP contribution in [-0.2, 0) is 0 Å². The molecule has 4 heteroatoms. The van der Waals surface area contributed by atoms with Gasteiger partial charge in [0.15, 0.2) is 5.82 Å². The molecule has 3 aromatic heterocycles. The number of nitrogens with zero attached hydrogens (tertiary/aromatic N) is 3. The number of para-hydroxylation sites is 2. The number of hydrogen-bond acceptors (Lipinski definition) is 3. The van der Waals surface area contributed by atoms with Crippen molar-refractivity contribution >= 4 is 43.2 Å². The van der Waals surface area contributed by atoms with E-state index in [0.29, 0.717) is 5.82 Å². The van der Waals surface area contributed by atoms with E-state index in [1.807, 2.05) is 0 Å². The summed E-state index contributed by atoms with van der Waals surface area (Å²) in [7, 11) is 0. The summed E-state index contributed by atoms with van der Waals surface area (Å²) in [6.07, 6.45) is 0. The van der Waals surface area contributed by atoms with E-state index in [1.54, 1.807) is 11.3 Å². The number of thiophene rings is 1. The first-order valence-corrected chi connectivity index (χ1v) is 16.2. The maximum Gasteiger partial charge on any atom is 0.160 e. The van der Waals surface area contributed by atoms with Gasteiger partial charge in [-0.3, -0.25) is 0 Å².